The van der Waals surface area contributed by atoms with Gasteiger partial charge in [-0.2, -0.15) is 13.2 Å². The number of hydrogen-bond donors (Lipinski definition) is 2. The molecule has 0 aliphatic rings. The van der Waals surface area contributed by atoms with Crippen LogP contribution >= 0.6 is 0 Å². The molecule has 0 fully saturated rings. The van der Waals surface area contributed by atoms with Crippen molar-refractivity contribution in [1.29, 1.82) is 0 Å². The molecule has 114 valence electrons. The lowest BCUT2D eigenvalue weighted by Gasteiger charge is -2.11. The van der Waals surface area contributed by atoms with Crippen molar-refractivity contribution in [3.05, 3.63) is 65.2 Å². The van der Waals surface area contributed by atoms with E-state index < -0.39 is 17.7 Å². The van der Waals surface area contributed by atoms with Crippen molar-refractivity contribution in [3.8, 4) is 0 Å². The molecule has 0 saturated heterocycles. The van der Waals surface area contributed by atoms with Gasteiger partial charge in [-0.25, -0.2) is 4.79 Å². The van der Waals surface area contributed by atoms with Gasteiger partial charge in [0.25, 0.3) is 0 Å². The van der Waals surface area contributed by atoms with Gasteiger partial charge in [0.15, 0.2) is 0 Å². The first kappa shape index (κ1) is 15.6. The zero-order chi connectivity index (χ0) is 16.3. The Morgan fingerprint density at radius 3 is 2.23 bits per heavy atom. The third kappa shape index (κ3) is 3.46. The standard InChI is InChI=1S/C16H12F3NO2/c17-16(18,19)11-6-7-12(14(20)9-11)13(15(21)22)8-10-4-2-1-3-5-10/h1-9H,20H2,(H,21,22)/b13-8-. The van der Waals surface area contributed by atoms with Crippen LogP contribution in [0.2, 0.25) is 0 Å². The first-order valence-corrected chi connectivity index (χ1v) is 6.26. The topological polar surface area (TPSA) is 63.3 Å². The SMILES string of the molecule is Nc1cc(C(F)(F)F)ccc1/C(=C/c1ccccc1)C(=O)O. The summed E-state index contributed by atoms with van der Waals surface area (Å²) in [6.45, 7) is 0. The van der Waals surface area contributed by atoms with Gasteiger partial charge in [-0.3, -0.25) is 0 Å². The van der Waals surface area contributed by atoms with E-state index in [1.54, 1.807) is 30.3 Å². The first-order valence-electron chi connectivity index (χ1n) is 6.26. The molecule has 0 aliphatic carbocycles. The number of hydrogen-bond acceptors (Lipinski definition) is 2. The van der Waals surface area contributed by atoms with Crippen LogP contribution in [0.4, 0.5) is 18.9 Å². The number of nitrogen functional groups attached to an aromatic ring is 1. The predicted molar refractivity (Wildman–Crippen MR) is 77.8 cm³/mol. The van der Waals surface area contributed by atoms with Gasteiger partial charge in [0.1, 0.15) is 0 Å². The van der Waals surface area contributed by atoms with Crippen molar-refractivity contribution in [2.24, 2.45) is 0 Å². The van der Waals surface area contributed by atoms with Gasteiger partial charge < -0.3 is 10.8 Å². The second-order valence-electron chi connectivity index (χ2n) is 4.57. The number of carboxylic acids is 1. The molecule has 6 heteroatoms. The van der Waals surface area contributed by atoms with E-state index in [9.17, 15) is 23.1 Å². The molecule has 0 heterocycles. The Bertz CT molecular complexity index is 722. The number of anilines is 1. The summed E-state index contributed by atoms with van der Waals surface area (Å²) >= 11 is 0. The smallest absolute Gasteiger partial charge is 0.416 e. The molecule has 0 saturated carbocycles. The van der Waals surface area contributed by atoms with Crippen LogP contribution in [0.5, 0.6) is 0 Å². The van der Waals surface area contributed by atoms with Gasteiger partial charge in [-0.1, -0.05) is 36.4 Å². The maximum atomic E-state index is 12.6. The number of nitrogens with two attached hydrogens (primary N) is 1. The predicted octanol–water partition coefficient (Wildman–Crippen LogP) is 3.91. The fourth-order valence-corrected chi connectivity index (χ4v) is 1.95. The summed E-state index contributed by atoms with van der Waals surface area (Å²) in [4.78, 5) is 11.4. The zero-order valence-electron chi connectivity index (χ0n) is 11.3. The molecule has 2 aromatic carbocycles. The van der Waals surface area contributed by atoms with E-state index in [1.165, 1.54) is 6.08 Å². The van der Waals surface area contributed by atoms with Crippen LogP contribution in [-0.4, -0.2) is 11.1 Å². The minimum atomic E-state index is -4.53. The average Bonchev–Trinajstić information content (AvgIpc) is 2.45. The number of rotatable bonds is 3. The minimum absolute atomic E-state index is 0.0457. The second-order valence-corrected chi connectivity index (χ2v) is 4.57. The van der Waals surface area contributed by atoms with Gasteiger partial charge in [-0.15, -0.1) is 0 Å². The molecule has 2 rings (SSSR count). The lowest BCUT2D eigenvalue weighted by Crippen LogP contribution is -2.08. The third-order valence-electron chi connectivity index (χ3n) is 3.01. The highest BCUT2D eigenvalue weighted by Gasteiger charge is 2.31. The van der Waals surface area contributed by atoms with Crippen molar-refractivity contribution < 1.29 is 23.1 Å². The number of benzene rings is 2. The van der Waals surface area contributed by atoms with Crippen molar-refractivity contribution in [2.75, 3.05) is 5.73 Å². The quantitative estimate of drug-likeness (QED) is 0.513. The maximum absolute atomic E-state index is 12.6. The van der Waals surface area contributed by atoms with Crippen LogP contribution in [0.15, 0.2) is 48.5 Å². The van der Waals surface area contributed by atoms with E-state index in [1.807, 2.05) is 0 Å². The van der Waals surface area contributed by atoms with Gasteiger partial charge in [-0.05, 0) is 23.8 Å². The third-order valence-corrected chi connectivity index (χ3v) is 3.01. The molecule has 0 radical (unpaired) electrons. The van der Waals surface area contributed by atoms with E-state index in [0.717, 1.165) is 18.2 Å². The fraction of sp³-hybridized carbons (Fsp3) is 0.0625. The molecule has 0 aliphatic heterocycles. The Balaban J connectivity index is 2.51. The highest BCUT2D eigenvalue weighted by molar-refractivity contribution is 6.22. The molecule has 22 heavy (non-hydrogen) atoms. The average molecular weight is 307 g/mol. The van der Waals surface area contributed by atoms with E-state index in [0.29, 0.717) is 5.56 Å². The minimum Gasteiger partial charge on any atom is -0.478 e. The van der Waals surface area contributed by atoms with Crippen molar-refractivity contribution in [1.82, 2.24) is 0 Å². The van der Waals surface area contributed by atoms with Crippen molar-refractivity contribution >= 4 is 23.3 Å². The second kappa shape index (κ2) is 5.93. The molecular weight excluding hydrogens is 295 g/mol. The summed E-state index contributed by atoms with van der Waals surface area (Å²) in [6.07, 6.45) is -3.17. The summed E-state index contributed by atoms with van der Waals surface area (Å²) in [5.41, 5.74) is 4.94. The monoisotopic (exact) mass is 307 g/mol. The Kier molecular flexibility index (Phi) is 4.21. The largest absolute Gasteiger partial charge is 0.478 e. The summed E-state index contributed by atoms with van der Waals surface area (Å²) < 4.78 is 37.9. The zero-order valence-corrected chi connectivity index (χ0v) is 11.3. The summed E-state index contributed by atoms with van der Waals surface area (Å²) in [6, 6.07) is 11.2. The number of halogens is 3. The molecule has 0 bridgehead atoms. The highest BCUT2D eigenvalue weighted by atomic mass is 19.4. The molecule has 0 amide bonds. The summed E-state index contributed by atoms with van der Waals surface area (Å²) in [5.74, 6) is -1.27. The Labute approximate surface area is 124 Å². The molecule has 0 atom stereocenters. The van der Waals surface area contributed by atoms with Gasteiger partial charge >= 0.3 is 12.1 Å². The normalized spacial score (nSPS) is 12.2. The van der Waals surface area contributed by atoms with Crippen LogP contribution in [0.25, 0.3) is 11.6 Å². The molecule has 0 unspecified atom stereocenters. The van der Waals surface area contributed by atoms with E-state index in [4.69, 9.17) is 5.73 Å². The summed E-state index contributed by atoms with van der Waals surface area (Å²) in [5, 5.41) is 9.30. The number of alkyl halides is 3. The van der Waals surface area contributed by atoms with Crippen LogP contribution in [0.1, 0.15) is 16.7 Å². The fourth-order valence-electron chi connectivity index (χ4n) is 1.95. The highest BCUT2D eigenvalue weighted by Crippen LogP contribution is 2.33. The molecular formula is C16H12F3NO2. The lowest BCUT2D eigenvalue weighted by molar-refractivity contribution is -0.137. The van der Waals surface area contributed by atoms with Crippen molar-refractivity contribution in [2.45, 2.75) is 6.18 Å². The maximum Gasteiger partial charge on any atom is 0.416 e. The molecule has 0 aromatic heterocycles. The van der Waals surface area contributed by atoms with Crippen molar-refractivity contribution in [3.63, 3.8) is 0 Å². The van der Waals surface area contributed by atoms with Gasteiger partial charge in [0.05, 0.1) is 11.1 Å². The number of aliphatic carboxylic acids is 1. The molecule has 2 aromatic rings. The van der Waals surface area contributed by atoms with E-state index in [-0.39, 0.29) is 16.8 Å². The molecule has 3 N–H and O–H groups in total. The Morgan fingerprint density at radius 1 is 1.09 bits per heavy atom. The molecule has 3 nitrogen and oxygen atoms in total. The van der Waals surface area contributed by atoms with Crippen LogP contribution in [-0.2, 0) is 11.0 Å². The summed E-state index contributed by atoms with van der Waals surface area (Å²) in [7, 11) is 0. The van der Waals surface area contributed by atoms with Crippen LogP contribution in [0, 0.1) is 0 Å². The van der Waals surface area contributed by atoms with Crippen LogP contribution < -0.4 is 5.73 Å². The van der Waals surface area contributed by atoms with E-state index in [2.05, 4.69) is 0 Å². The van der Waals surface area contributed by atoms with Gasteiger partial charge in [0, 0.05) is 11.3 Å². The molecule has 0 spiro atoms. The van der Waals surface area contributed by atoms with E-state index >= 15 is 0 Å². The first-order chi connectivity index (χ1) is 10.3. The number of carboxylic acid groups (broad SMARTS) is 1. The lowest BCUT2D eigenvalue weighted by atomic mass is 9.99. The van der Waals surface area contributed by atoms with Crippen LogP contribution in [0.3, 0.4) is 0 Å². The van der Waals surface area contributed by atoms with Gasteiger partial charge in [0.2, 0.25) is 0 Å². The Hall–Kier alpha value is -2.76. The number of carbonyl (C=O) groups is 1. The Morgan fingerprint density at radius 2 is 1.73 bits per heavy atom.